The molecule has 1 atom stereocenters. The summed E-state index contributed by atoms with van der Waals surface area (Å²) in [5, 5.41) is 10.0. The van der Waals surface area contributed by atoms with Crippen molar-refractivity contribution in [1.82, 2.24) is 20.3 Å². The summed E-state index contributed by atoms with van der Waals surface area (Å²) < 4.78 is 11.3. The van der Waals surface area contributed by atoms with Gasteiger partial charge < -0.3 is 19.7 Å². The number of fused-ring (bicyclic) bond motifs is 1. The van der Waals surface area contributed by atoms with Gasteiger partial charge in [0.1, 0.15) is 11.5 Å². The van der Waals surface area contributed by atoms with E-state index < -0.39 is 0 Å². The first kappa shape index (κ1) is 25.3. The zero-order valence-corrected chi connectivity index (χ0v) is 22.5. The van der Waals surface area contributed by atoms with Gasteiger partial charge in [0.05, 0.1) is 36.9 Å². The molecule has 1 saturated carbocycles. The number of rotatable bonds is 8. The standard InChI is InChI=1S/C29H38N6O2/c1-19(2)32-21-6-8-22(9-7-21)35(24-12-25(36-4)15-26(13-24)37-5)23-10-11-27-28(14-23)33-29(17-30-27)20-16-31-34(3)18-20/h10-17,19-22,32H,6-9,18H2,1-5H3. The van der Waals surface area contributed by atoms with Crippen LogP contribution in [0.5, 0.6) is 11.5 Å². The van der Waals surface area contributed by atoms with E-state index in [9.17, 15) is 0 Å². The topological polar surface area (TPSA) is 75.1 Å². The largest absolute Gasteiger partial charge is 0.497 e. The molecule has 8 nitrogen and oxygen atoms in total. The molecule has 0 radical (unpaired) electrons. The Hall–Kier alpha value is -3.39. The van der Waals surface area contributed by atoms with Crippen molar-refractivity contribution in [1.29, 1.82) is 0 Å². The number of aromatic nitrogens is 2. The molecule has 8 heteroatoms. The van der Waals surface area contributed by atoms with Gasteiger partial charge in [-0.05, 0) is 43.9 Å². The number of methoxy groups -OCH3 is 2. The first-order chi connectivity index (χ1) is 17.9. The van der Waals surface area contributed by atoms with Gasteiger partial charge in [0, 0.05) is 73.7 Å². The van der Waals surface area contributed by atoms with Crippen LogP contribution in [0.4, 0.5) is 11.4 Å². The van der Waals surface area contributed by atoms with Crippen LogP contribution in [0.1, 0.15) is 51.1 Å². The van der Waals surface area contributed by atoms with Crippen molar-refractivity contribution in [2.45, 2.75) is 63.6 Å². The quantitative estimate of drug-likeness (QED) is 0.459. The van der Waals surface area contributed by atoms with Crippen molar-refractivity contribution in [3.8, 4) is 11.5 Å². The van der Waals surface area contributed by atoms with Gasteiger partial charge in [0.25, 0.3) is 0 Å². The fourth-order valence-electron chi connectivity index (χ4n) is 5.56. The zero-order chi connectivity index (χ0) is 25.9. The van der Waals surface area contributed by atoms with E-state index >= 15 is 0 Å². The van der Waals surface area contributed by atoms with Crippen molar-refractivity contribution in [3.63, 3.8) is 0 Å². The number of ether oxygens (including phenoxy) is 2. The summed E-state index contributed by atoms with van der Waals surface area (Å²) in [5.41, 5.74) is 4.90. The highest BCUT2D eigenvalue weighted by molar-refractivity contribution is 5.82. The summed E-state index contributed by atoms with van der Waals surface area (Å²) in [5.74, 6) is 1.72. The van der Waals surface area contributed by atoms with Crippen LogP contribution in [0.25, 0.3) is 11.0 Å². The minimum absolute atomic E-state index is 0.160. The minimum Gasteiger partial charge on any atom is -0.497 e. The van der Waals surface area contributed by atoms with Gasteiger partial charge in [-0.2, -0.15) is 5.10 Å². The van der Waals surface area contributed by atoms with Gasteiger partial charge in [0.2, 0.25) is 0 Å². The summed E-state index contributed by atoms with van der Waals surface area (Å²) in [6.45, 7) is 5.27. The molecule has 1 fully saturated rings. The first-order valence-electron chi connectivity index (χ1n) is 13.2. The molecule has 1 N–H and O–H groups in total. The number of likely N-dealkylation sites (N-methyl/N-ethyl adjacent to an activating group) is 1. The first-order valence-corrected chi connectivity index (χ1v) is 13.2. The van der Waals surface area contributed by atoms with Crippen LogP contribution in [0.15, 0.2) is 47.7 Å². The zero-order valence-electron chi connectivity index (χ0n) is 22.5. The molecule has 2 aliphatic rings. The second kappa shape index (κ2) is 10.9. The predicted molar refractivity (Wildman–Crippen MR) is 149 cm³/mol. The van der Waals surface area contributed by atoms with Gasteiger partial charge in [-0.1, -0.05) is 13.8 Å². The summed E-state index contributed by atoms with van der Waals surface area (Å²) >= 11 is 0. The third kappa shape index (κ3) is 5.64. The highest BCUT2D eigenvalue weighted by Gasteiger charge is 2.28. The molecular formula is C29H38N6O2. The average molecular weight is 503 g/mol. The van der Waals surface area contributed by atoms with Gasteiger partial charge in [0.15, 0.2) is 0 Å². The van der Waals surface area contributed by atoms with E-state index in [1.54, 1.807) is 14.2 Å². The van der Waals surface area contributed by atoms with Crippen molar-refractivity contribution >= 4 is 28.6 Å². The number of nitrogens with one attached hydrogen (secondary N) is 1. The van der Waals surface area contributed by atoms with Gasteiger partial charge in [-0.3, -0.25) is 9.99 Å². The molecule has 0 amide bonds. The maximum Gasteiger partial charge on any atom is 0.124 e. The molecule has 3 aromatic rings. The third-order valence-electron chi connectivity index (χ3n) is 7.35. The maximum absolute atomic E-state index is 5.63. The van der Waals surface area contributed by atoms with Crippen LogP contribution in [0.2, 0.25) is 0 Å². The molecule has 2 heterocycles. The lowest BCUT2D eigenvalue weighted by molar-refractivity contribution is 0.324. The Morgan fingerprint density at radius 1 is 0.946 bits per heavy atom. The number of anilines is 2. The minimum atomic E-state index is 0.160. The molecule has 1 unspecified atom stereocenters. The summed E-state index contributed by atoms with van der Waals surface area (Å²) in [7, 11) is 5.37. The molecular weight excluding hydrogens is 464 g/mol. The molecule has 196 valence electrons. The second-order valence-electron chi connectivity index (χ2n) is 10.4. The van der Waals surface area contributed by atoms with Crippen LogP contribution in [-0.4, -0.2) is 67.1 Å². The smallest absolute Gasteiger partial charge is 0.124 e. The second-order valence-corrected chi connectivity index (χ2v) is 10.4. The third-order valence-corrected chi connectivity index (χ3v) is 7.35. The number of benzene rings is 2. The molecule has 37 heavy (non-hydrogen) atoms. The van der Waals surface area contributed by atoms with E-state index in [1.807, 2.05) is 30.5 Å². The SMILES string of the molecule is COc1cc(OC)cc(N(c2ccc3ncc(C4C=NN(C)C4)nc3c2)C2CCC(NC(C)C)CC2)c1. The highest BCUT2D eigenvalue weighted by Crippen LogP contribution is 2.39. The van der Waals surface area contributed by atoms with Crippen LogP contribution >= 0.6 is 0 Å². The van der Waals surface area contributed by atoms with Gasteiger partial charge >= 0.3 is 0 Å². The summed E-state index contributed by atoms with van der Waals surface area (Å²) in [6.07, 6.45) is 8.32. The molecule has 1 aromatic heterocycles. The van der Waals surface area contributed by atoms with Crippen molar-refractivity contribution in [2.24, 2.45) is 5.10 Å². The molecule has 0 bridgehead atoms. The highest BCUT2D eigenvalue weighted by atomic mass is 16.5. The molecule has 0 spiro atoms. The monoisotopic (exact) mass is 502 g/mol. The number of hydrogen-bond donors (Lipinski definition) is 1. The van der Waals surface area contributed by atoms with Crippen molar-refractivity contribution < 1.29 is 9.47 Å². The fraction of sp³-hybridized carbons (Fsp3) is 0.483. The molecule has 1 aliphatic carbocycles. The van der Waals surface area contributed by atoms with Crippen molar-refractivity contribution in [2.75, 3.05) is 32.7 Å². The van der Waals surface area contributed by atoms with E-state index in [-0.39, 0.29) is 5.92 Å². The predicted octanol–water partition coefficient (Wildman–Crippen LogP) is 5.11. The average Bonchev–Trinajstić information content (AvgIpc) is 3.35. The van der Waals surface area contributed by atoms with Gasteiger partial charge in [-0.25, -0.2) is 4.98 Å². The Balaban J connectivity index is 1.52. The fourth-order valence-corrected chi connectivity index (χ4v) is 5.56. The molecule has 0 saturated heterocycles. The van der Waals surface area contributed by atoms with Crippen molar-refractivity contribution in [3.05, 3.63) is 48.3 Å². The number of nitrogens with zero attached hydrogens (tertiary/aromatic N) is 5. The summed E-state index contributed by atoms with van der Waals surface area (Å²) in [6, 6.07) is 13.9. The lowest BCUT2D eigenvalue weighted by Crippen LogP contribution is -2.42. The Morgan fingerprint density at radius 2 is 1.68 bits per heavy atom. The molecule has 2 aromatic carbocycles. The Labute approximate surface area is 219 Å². The van der Waals surface area contributed by atoms with Crippen LogP contribution in [-0.2, 0) is 0 Å². The van der Waals surface area contributed by atoms with E-state index in [0.717, 1.165) is 71.8 Å². The number of hydrogen-bond acceptors (Lipinski definition) is 8. The molecule has 1 aliphatic heterocycles. The lowest BCUT2D eigenvalue weighted by Gasteiger charge is -2.39. The lowest BCUT2D eigenvalue weighted by atomic mass is 9.89. The van der Waals surface area contributed by atoms with Crippen LogP contribution in [0.3, 0.4) is 0 Å². The van der Waals surface area contributed by atoms with E-state index in [1.165, 1.54) is 0 Å². The van der Waals surface area contributed by atoms with E-state index in [0.29, 0.717) is 18.1 Å². The molecule has 5 rings (SSSR count). The number of hydrazone groups is 1. The van der Waals surface area contributed by atoms with Gasteiger partial charge in [-0.15, -0.1) is 0 Å². The van der Waals surface area contributed by atoms with E-state index in [4.69, 9.17) is 19.4 Å². The maximum atomic E-state index is 5.63. The summed E-state index contributed by atoms with van der Waals surface area (Å²) in [4.78, 5) is 12.2. The van der Waals surface area contributed by atoms with Crippen LogP contribution in [0, 0.1) is 0 Å². The Morgan fingerprint density at radius 3 is 2.30 bits per heavy atom. The van der Waals surface area contributed by atoms with Crippen LogP contribution < -0.4 is 19.7 Å². The Bertz CT molecular complexity index is 1230. The Kier molecular flexibility index (Phi) is 7.46. The van der Waals surface area contributed by atoms with E-state index in [2.05, 4.69) is 59.5 Å². The normalized spacial score (nSPS) is 21.6.